The van der Waals surface area contributed by atoms with Crippen LogP contribution < -0.4 is 4.90 Å². The molecule has 0 aliphatic carbocycles. The van der Waals surface area contributed by atoms with Crippen molar-refractivity contribution >= 4 is 17.6 Å². The first kappa shape index (κ1) is 11.2. The summed E-state index contributed by atoms with van der Waals surface area (Å²) in [4.78, 5) is 23.3. The molecule has 5 heteroatoms. The first-order chi connectivity index (χ1) is 7.06. The minimum atomic E-state index is -0.957. The number of hydrogen-bond donors (Lipinski definition) is 0. The number of nitrogens with zero attached hydrogens (tertiary/aromatic N) is 1. The van der Waals surface area contributed by atoms with Crippen LogP contribution in [-0.4, -0.2) is 26.0 Å². The molecule has 0 fully saturated rings. The van der Waals surface area contributed by atoms with Gasteiger partial charge in [0.1, 0.15) is 5.82 Å². The summed E-state index contributed by atoms with van der Waals surface area (Å²) in [5, 5.41) is 0. The number of halogens is 1. The molecule has 1 aromatic rings. The second kappa shape index (κ2) is 4.54. The van der Waals surface area contributed by atoms with Crippen LogP contribution in [0.3, 0.4) is 0 Å². The Morgan fingerprint density at radius 3 is 2.27 bits per heavy atom. The van der Waals surface area contributed by atoms with E-state index in [1.54, 1.807) is 0 Å². The summed E-state index contributed by atoms with van der Waals surface area (Å²) in [6.45, 7) is 0. The number of likely N-dealkylation sites (N-methyl/N-ethyl adjacent to an activating group) is 1. The quantitative estimate of drug-likeness (QED) is 0.513. The fourth-order valence-electron chi connectivity index (χ4n) is 1.01. The summed E-state index contributed by atoms with van der Waals surface area (Å²) in [6.07, 6.45) is 0. The number of esters is 1. The van der Waals surface area contributed by atoms with Crippen LogP contribution >= 0.6 is 0 Å². The minimum Gasteiger partial charge on any atom is -0.462 e. The van der Waals surface area contributed by atoms with E-state index in [-0.39, 0.29) is 0 Å². The Balaban J connectivity index is 2.85. The largest absolute Gasteiger partial charge is 0.462 e. The van der Waals surface area contributed by atoms with E-state index in [0.717, 1.165) is 12.0 Å². The molecule has 0 N–H and O–H groups in total. The predicted molar refractivity (Wildman–Crippen MR) is 51.8 cm³/mol. The van der Waals surface area contributed by atoms with Crippen molar-refractivity contribution in [3.8, 4) is 0 Å². The molecule has 80 valence electrons. The molecule has 0 radical (unpaired) electrons. The lowest BCUT2D eigenvalue weighted by Crippen LogP contribution is -2.33. The molecule has 0 spiro atoms. The van der Waals surface area contributed by atoms with Crippen LogP contribution in [0.2, 0.25) is 0 Å². The Morgan fingerprint density at radius 2 is 1.80 bits per heavy atom. The molecule has 0 unspecified atom stereocenters. The van der Waals surface area contributed by atoms with Gasteiger partial charge in [-0.15, -0.1) is 0 Å². The Kier molecular flexibility index (Phi) is 3.38. The predicted octanol–water partition coefficient (Wildman–Crippen LogP) is 0.961. The lowest BCUT2D eigenvalue weighted by Gasteiger charge is -2.15. The van der Waals surface area contributed by atoms with Crippen LogP contribution in [-0.2, 0) is 14.3 Å². The van der Waals surface area contributed by atoms with Gasteiger partial charge in [-0.25, -0.2) is 9.18 Å². The molecular formula is C10H10FNO3. The van der Waals surface area contributed by atoms with Crippen molar-refractivity contribution in [2.24, 2.45) is 0 Å². The Morgan fingerprint density at radius 1 is 1.27 bits per heavy atom. The van der Waals surface area contributed by atoms with Crippen molar-refractivity contribution in [1.82, 2.24) is 0 Å². The second-order valence-electron chi connectivity index (χ2n) is 2.83. The van der Waals surface area contributed by atoms with Crippen molar-refractivity contribution in [3.63, 3.8) is 0 Å². The molecule has 15 heavy (non-hydrogen) atoms. The molecule has 0 saturated carbocycles. The third-order valence-corrected chi connectivity index (χ3v) is 1.88. The zero-order valence-electron chi connectivity index (χ0n) is 8.36. The highest BCUT2D eigenvalue weighted by atomic mass is 19.1. The standard InChI is InChI=1S/C10H10FNO3/c1-12(9(13)10(14)15-2)8-5-3-7(11)4-6-8/h3-6H,1-2H3. The fourth-order valence-corrected chi connectivity index (χ4v) is 1.01. The molecule has 1 amide bonds. The third kappa shape index (κ3) is 2.52. The van der Waals surface area contributed by atoms with Crippen LogP contribution in [0.25, 0.3) is 0 Å². The molecule has 0 aliphatic rings. The lowest BCUT2D eigenvalue weighted by molar-refractivity contribution is -0.151. The molecule has 1 rings (SSSR count). The number of methoxy groups -OCH3 is 1. The average molecular weight is 211 g/mol. The van der Waals surface area contributed by atoms with Gasteiger partial charge >= 0.3 is 11.9 Å². The molecule has 0 heterocycles. The summed E-state index contributed by atoms with van der Waals surface area (Å²) in [7, 11) is 2.53. The van der Waals surface area contributed by atoms with Gasteiger partial charge in [-0.1, -0.05) is 0 Å². The summed E-state index contributed by atoms with van der Waals surface area (Å²) in [5.74, 6) is -2.16. The Labute approximate surface area is 86.3 Å². The maximum Gasteiger partial charge on any atom is 0.397 e. The van der Waals surface area contributed by atoms with E-state index in [1.165, 1.54) is 31.3 Å². The van der Waals surface area contributed by atoms with Gasteiger partial charge in [0.2, 0.25) is 0 Å². The molecule has 4 nitrogen and oxygen atoms in total. The number of amides is 1. The third-order valence-electron chi connectivity index (χ3n) is 1.88. The minimum absolute atomic E-state index is 0.405. The van der Waals surface area contributed by atoms with Crippen molar-refractivity contribution in [3.05, 3.63) is 30.1 Å². The van der Waals surface area contributed by atoms with E-state index < -0.39 is 17.7 Å². The Bertz CT molecular complexity index is 375. The molecule has 0 aliphatic heterocycles. The average Bonchev–Trinajstić information content (AvgIpc) is 2.27. The maximum absolute atomic E-state index is 12.6. The van der Waals surface area contributed by atoms with E-state index in [2.05, 4.69) is 4.74 Å². The number of ether oxygens (including phenoxy) is 1. The van der Waals surface area contributed by atoms with E-state index >= 15 is 0 Å². The summed E-state index contributed by atoms with van der Waals surface area (Å²) in [5.41, 5.74) is 0.423. The SMILES string of the molecule is COC(=O)C(=O)N(C)c1ccc(F)cc1. The van der Waals surface area contributed by atoms with E-state index in [1.807, 2.05) is 0 Å². The van der Waals surface area contributed by atoms with Gasteiger partial charge in [-0.2, -0.15) is 0 Å². The fraction of sp³-hybridized carbons (Fsp3) is 0.200. The summed E-state index contributed by atoms with van der Waals surface area (Å²) in [6, 6.07) is 5.21. The molecule has 0 atom stereocenters. The van der Waals surface area contributed by atoms with Crippen LogP contribution in [0, 0.1) is 5.82 Å². The zero-order chi connectivity index (χ0) is 11.4. The van der Waals surface area contributed by atoms with Crippen molar-refractivity contribution in [2.75, 3.05) is 19.1 Å². The van der Waals surface area contributed by atoms with Crippen molar-refractivity contribution < 1.29 is 18.7 Å². The van der Waals surface area contributed by atoms with Gasteiger partial charge in [0.05, 0.1) is 7.11 Å². The first-order valence-corrected chi connectivity index (χ1v) is 4.18. The van der Waals surface area contributed by atoms with Crippen LogP contribution in [0.15, 0.2) is 24.3 Å². The highest BCUT2D eigenvalue weighted by molar-refractivity contribution is 6.37. The maximum atomic E-state index is 12.6. The van der Waals surface area contributed by atoms with Crippen LogP contribution in [0.4, 0.5) is 10.1 Å². The molecule has 1 aromatic carbocycles. The van der Waals surface area contributed by atoms with Gasteiger partial charge in [-0.05, 0) is 24.3 Å². The second-order valence-corrected chi connectivity index (χ2v) is 2.83. The van der Waals surface area contributed by atoms with E-state index in [0.29, 0.717) is 5.69 Å². The number of benzene rings is 1. The van der Waals surface area contributed by atoms with Crippen molar-refractivity contribution in [2.45, 2.75) is 0 Å². The number of rotatable bonds is 1. The molecule has 0 bridgehead atoms. The van der Waals surface area contributed by atoms with Gasteiger partial charge in [0, 0.05) is 12.7 Å². The normalized spacial score (nSPS) is 9.53. The van der Waals surface area contributed by atoms with Crippen LogP contribution in [0.1, 0.15) is 0 Å². The summed E-state index contributed by atoms with van der Waals surface area (Å²) >= 11 is 0. The first-order valence-electron chi connectivity index (χ1n) is 4.18. The molecule has 0 saturated heterocycles. The van der Waals surface area contributed by atoms with Gasteiger partial charge in [0.25, 0.3) is 0 Å². The summed E-state index contributed by atoms with van der Waals surface area (Å²) < 4.78 is 16.9. The van der Waals surface area contributed by atoms with Gasteiger partial charge < -0.3 is 9.64 Å². The Hall–Kier alpha value is -1.91. The monoisotopic (exact) mass is 211 g/mol. The number of anilines is 1. The number of carbonyl (C=O) groups excluding carboxylic acids is 2. The zero-order valence-corrected chi connectivity index (χ0v) is 8.36. The van der Waals surface area contributed by atoms with Crippen LogP contribution in [0.5, 0.6) is 0 Å². The van der Waals surface area contributed by atoms with Gasteiger partial charge in [0.15, 0.2) is 0 Å². The molecule has 0 aromatic heterocycles. The van der Waals surface area contributed by atoms with E-state index in [9.17, 15) is 14.0 Å². The van der Waals surface area contributed by atoms with Crippen molar-refractivity contribution in [1.29, 1.82) is 0 Å². The lowest BCUT2D eigenvalue weighted by atomic mass is 10.3. The number of hydrogen-bond acceptors (Lipinski definition) is 3. The van der Waals surface area contributed by atoms with E-state index in [4.69, 9.17) is 0 Å². The smallest absolute Gasteiger partial charge is 0.397 e. The van der Waals surface area contributed by atoms with Gasteiger partial charge in [-0.3, -0.25) is 4.79 Å². The topological polar surface area (TPSA) is 46.6 Å². The highest BCUT2D eigenvalue weighted by Crippen LogP contribution is 2.13. The number of carbonyl (C=O) groups is 2. The highest BCUT2D eigenvalue weighted by Gasteiger charge is 2.20. The molecular weight excluding hydrogens is 201 g/mol.